The first-order valence-electron chi connectivity index (χ1n) is 10.8. The summed E-state index contributed by atoms with van der Waals surface area (Å²) in [6.07, 6.45) is -0.220. The van der Waals surface area contributed by atoms with Gasteiger partial charge in [0, 0.05) is 11.1 Å². The van der Waals surface area contributed by atoms with Gasteiger partial charge in [-0.05, 0) is 52.2 Å². The second kappa shape index (κ2) is 10.6. The molecule has 1 fully saturated rings. The molecule has 0 aromatic heterocycles. The Morgan fingerprint density at radius 2 is 1.88 bits per heavy atom. The summed E-state index contributed by atoms with van der Waals surface area (Å²) in [5.74, 6) is 0.497. The Labute approximate surface area is 187 Å². The molecule has 3 rings (SSSR count). The number of esters is 1. The fourth-order valence-electron chi connectivity index (χ4n) is 3.83. The van der Waals surface area contributed by atoms with Crippen LogP contribution in [0.15, 0.2) is 35.4 Å². The van der Waals surface area contributed by atoms with Crippen molar-refractivity contribution in [3.05, 3.63) is 46.6 Å². The number of fused-ring (bicyclic) bond motifs is 1. The molecule has 4 N–H and O–H groups in total. The standard InChI is InChI=1S/C24H32O8/c1-13(2)5-4-6-14(3)7-8-15-16-11-20(26)30-18(16)10-9-17(15)31-24-23(29)22(28)21(27)19(12-25)32-24/h5,7,9-10,19,21-25,27-29H,4,6,8,11-12H2,1-3H3. The molecule has 8 heteroatoms. The van der Waals surface area contributed by atoms with E-state index in [1.54, 1.807) is 12.1 Å². The molecule has 1 aromatic carbocycles. The van der Waals surface area contributed by atoms with Crippen LogP contribution in [0, 0.1) is 0 Å². The van der Waals surface area contributed by atoms with E-state index in [1.807, 2.05) is 6.92 Å². The number of allylic oxidation sites excluding steroid dienone is 4. The normalized spacial score (nSPS) is 27.7. The van der Waals surface area contributed by atoms with E-state index in [1.165, 1.54) is 11.1 Å². The molecule has 2 aliphatic rings. The topological polar surface area (TPSA) is 126 Å². The van der Waals surface area contributed by atoms with E-state index < -0.39 is 37.3 Å². The summed E-state index contributed by atoms with van der Waals surface area (Å²) in [7, 11) is 0. The highest BCUT2D eigenvalue weighted by Gasteiger charge is 2.45. The first-order valence-corrected chi connectivity index (χ1v) is 10.8. The van der Waals surface area contributed by atoms with E-state index >= 15 is 0 Å². The fraction of sp³-hybridized carbons (Fsp3) is 0.542. The lowest BCUT2D eigenvalue weighted by molar-refractivity contribution is -0.277. The molecule has 1 saturated heterocycles. The van der Waals surface area contributed by atoms with E-state index in [9.17, 15) is 25.2 Å². The lowest BCUT2D eigenvalue weighted by Crippen LogP contribution is -2.60. The van der Waals surface area contributed by atoms with Gasteiger partial charge in [-0.15, -0.1) is 0 Å². The summed E-state index contributed by atoms with van der Waals surface area (Å²) in [4.78, 5) is 11.9. The zero-order valence-corrected chi connectivity index (χ0v) is 18.7. The minimum absolute atomic E-state index is 0.112. The van der Waals surface area contributed by atoms with Gasteiger partial charge in [0.25, 0.3) is 0 Å². The molecule has 0 saturated carbocycles. The Bertz CT molecular complexity index is 884. The van der Waals surface area contributed by atoms with Crippen molar-refractivity contribution in [2.24, 2.45) is 0 Å². The van der Waals surface area contributed by atoms with Gasteiger partial charge >= 0.3 is 5.97 Å². The van der Waals surface area contributed by atoms with Crippen molar-refractivity contribution in [3.8, 4) is 11.5 Å². The zero-order chi connectivity index (χ0) is 23.4. The van der Waals surface area contributed by atoms with Crippen LogP contribution >= 0.6 is 0 Å². The number of hydrogen-bond acceptors (Lipinski definition) is 8. The first-order chi connectivity index (χ1) is 15.2. The number of ether oxygens (including phenoxy) is 3. The molecule has 5 unspecified atom stereocenters. The van der Waals surface area contributed by atoms with Crippen LogP contribution in [0.25, 0.3) is 0 Å². The molecule has 8 nitrogen and oxygen atoms in total. The highest BCUT2D eigenvalue weighted by atomic mass is 16.7. The van der Waals surface area contributed by atoms with Gasteiger partial charge < -0.3 is 34.6 Å². The van der Waals surface area contributed by atoms with Gasteiger partial charge in [-0.25, -0.2) is 0 Å². The number of rotatable bonds is 8. The lowest BCUT2D eigenvalue weighted by atomic mass is 9.98. The number of aliphatic hydroxyl groups excluding tert-OH is 4. The maximum atomic E-state index is 11.9. The Morgan fingerprint density at radius 3 is 2.56 bits per heavy atom. The van der Waals surface area contributed by atoms with Crippen LogP contribution in [0.2, 0.25) is 0 Å². The van der Waals surface area contributed by atoms with Gasteiger partial charge in [-0.1, -0.05) is 23.3 Å². The molecule has 176 valence electrons. The molecule has 5 atom stereocenters. The molecule has 32 heavy (non-hydrogen) atoms. The van der Waals surface area contributed by atoms with Crippen LogP contribution < -0.4 is 9.47 Å². The van der Waals surface area contributed by atoms with Crippen molar-refractivity contribution in [1.29, 1.82) is 0 Å². The minimum Gasteiger partial charge on any atom is -0.462 e. The molecule has 0 bridgehead atoms. The summed E-state index contributed by atoms with van der Waals surface area (Å²) in [5, 5.41) is 39.8. The smallest absolute Gasteiger partial charge is 0.315 e. The van der Waals surface area contributed by atoms with Crippen molar-refractivity contribution in [2.75, 3.05) is 6.61 Å². The van der Waals surface area contributed by atoms with Crippen molar-refractivity contribution < 1.29 is 39.4 Å². The summed E-state index contributed by atoms with van der Waals surface area (Å²) >= 11 is 0. The largest absolute Gasteiger partial charge is 0.462 e. The minimum atomic E-state index is -1.54. The maximum Gasteiger partial charge on any atom is 0.315 e. The second-order valence-electron chi connectivity index (χ2n) is 8.56. The summed E-state index contributed by atoms with van der Waals surface area (Å²) in [6.45, 7) is 5.62. The summed E-state index contributed by atoms with van der Waals surface area (Å²) in [5.41, 5.74) is 3.89. The molecular formula is C24H32O8. The zero-order valence-electron chi connectivity index (χ0n) is 18.7. The number of benzene rings is 1. The van der Waals surface area contributed by atoms with E-state index in [-0.39, 0.29) is 12.4 Å². The Morgan fingerprint density at radius 1 is 1.12 bits per heavy atom. The van der Waals surface area contributed by atoms with Crippen LogP contribution in [-0.4, -0.2) is 63.7 Å². The molecule has 1 aromatic rings. The fourth-order valence-corrected chi connectivity index (χ4v) is 3.83. The Hall–Kier alpha value is -2.23. The predicted molar refractivity (Wildman–Crippen MR) is 116 cm³/mol. The van der Waals surface area contributed by atoms with Gasteiger partial charge in [0.15, 0.2) is 0 Å². The molecule has 2 heterocycles. The first kappa shape index (κ1) is 24.4. The third kappa shape index (κ3) is 5.57. The van der Waals surface area contributed by atoms with Gasteiger partial charge in [0.2, 0.25) is 6.29 Å². The van der Waals surface area contributed by atoms with E-state index in [4.69, 9.17) is 14.2 Å². The number of hydrogen-bond donors (Lipinski definition) is 4. The van der Waals surface area contributed by atoms with E-state index in [0.29, 0.717) is 23.5 Å². The number of carbonyl (C=O) groups excluding carboxylic acids is 1. The monoisotopic (exact) mass is 448 g/mol. The van der Waals surface area contributed by atoms with Crippen LogP contribution in [0.4, 0.5) is 0 Å². The molecular weight excluding hydrogens is 416 g/mol. The number of carbonyl (C=O) groups is 1. The molecule has 0 aliphatic carbocycles. The second-order valence-corrected chi connectivity index (χ2v) is 8.56. The summed E-state index contributed by atoms with van der Waals surface area (Å²) in [6, 6.07) is 3.25. The predicted octanol–water partition coefficient (Wildman–Crippen LogP) is 1.56. The third-order valence-electron chi connectivity index (χ3n) is 5.73. The Kier molecular flexibility index (Phi) is 8.08. The molecule has 0 spiro atoms. The highest BCUT2D eigenvalue weighted by molar-refractivity contribution is 5.82. The van der Waals surface area contributed by atoms with Crippen molar-refractivity contribution in [2.45, 2.75) is 77.2 Å². The van der Waals surface area contributed by atoms with Crippen molar-refractivity contribution >= 4 is 5.97 Å². The van der Waals surface area contributed by atoms with E-state index in [0.717, 1.165) is 18.4 Å². The van der Waals surface area contributed by atoms with Gasteiger partial charge in [-0.3, -0.25) is 4.79 Å². The third-order valence-corrected chi connectivity index (χ3v) is 5.73. The molecule has 0 radical (unpaired) electrons. The molecule has 2 aliphatic heterocycles. The average molecular weight is 449 g/mol. The SMILES string of the molecule is CC(C)=CCCC(C)=CCc1c(OC2OC(CO)C(O)C(O)C2O)ccc2c1CC(=O)O2. The van der Waals surface area contributed by atoms with Crippen molar-refractivity contribution in [3.63, 3.8) is 0 Å². The van der Waals surface area contributed by atoms with Crippen molar-refractivity contribution in [1.82, 2.24) is 0 Å². The Balaban J connectivity index is 1.84. The van der Waals surface area contributed by atoms with E-state index in [2.05, 4.69) is 26.0 Å². The van der Waals surface area contributed by atoms with Gasteiger partial charge in [0.1, 0.15) is 35.9 Å². The quantitative estimate of drug-likeness (QED) is 0.268. The van der Waals surface area contributed by atoms with Gasteiger partial charge in [0.05, 0.1) is 13.0 Å². The van der Waals surface area contributed by atoms with Crippen LogP contribution in [0.1, 0.15) is 44.7 Å². The van der Waals surface area contributed by atoms with Gasteiger partial charge in [-0.2, -0.15) is 0 Å². The number of aliphatic hydroxyl groups is 4. The average Bonchev–Trinajstić information content (AvgIpc) is 3.13. The van der Waals surface area contributed by atoms with Crippen LogP contribution in [0.3, 0.4) is 0 Å². The molecule has 0 amide bonds. The van der Waals surface area contributed by atoms with Crippen LogP contribution in [0.5, 0.6) is 11.5 Å². The summed E-state index contributed by atoms with van der Waals surface area (Å²) < 4.78 is 16.6. The van der Waals surface area contributed by atoms with Crippen LogP contribution in [-0.2, 0) is 22.4 Å². The highest BCUT2D eigenvalue weighted by Crippen LogP contribution is 2.37. The lowest BCUT2D eigenvalue weighted by Gasteiger charge is -2.39. The maximum absolute atomic E-state index is 11.9.